The Morgan fingerprint density at radius 3 is 2.18 bits per heavy atom. The number of benzene rings is 3. The minimum atomic E-state index is -1.28. The Balaban J connectivity index is 1.50. The third-order valence-electron chi connectivity index (χ3n) is 5.23. The quantitative estimate of drug-likeness (QED) is 0.409. The van der Waals surface area contributed by atoms with Crippen LogP contribution < -0.4 is 5.32 Å². The molecule has 3 aromatic carbocycles. The average Bonchev–Trinajstić information content (AvgIpc) is 3.09. The minimum absolute atomic E-state index is 0.0142. The number of nitrogens with one attached hydrogen (secondary N) is 1. The molecule has 0 saturated heterocycles. The van der Waals surface area contributed by atoms with E-state index in [0.717, 1.165) is 11.0 Å². The Morgan fingerprint density at radius 1 is 0.941 bits per heavy atom. The van der Waals surface area contributed by atoms with Crippen molar-refractivity contribution < 1.29 is 28.3 Å². The molecule has 3 amide bonds. The van der Waals surface area contributed by atoms with Crippen molar-refractivity contribution in [3.05, 3.63) is 100 Å². The molecule has 9 heteroatoms. The number of amides is 3. The van der Waals surface area contributed by atoms with E-state index in [1.165, 1.54) is 24.3 Å². The Bertz CT molecular complexity index is 1250. The lowest BCUT2D eigenvalue weighted by atomic mass is 10.0. The van der Waals surface area contributed by atoms with Crippen molar-refractivity contribution in [1.29, 1.82) is 0 Å². The zero-order valence-corrected chi connectivity index (χ0v) is 18.4. The summed E-state index contributed by atoms with van der Waals surface area (Å²) in [6.45, 7) is -0.678. The molecule has 3 aromatic rings. The third-order valence-corrected chi connectivity index (χ3v) is 5.52. The topological polar surface area (TPSA) is 92.8 Å². The van der Waals surface area contributed by atoms with E-state index in [4.69, 9.17) is 16.3 Å². The molecule has 1 aliphatic heterocycles. The molecule has 1 heterocycles. The van der Waals surface area contributed by atoms with Gasteiger partial charge in [-0.1, -0.05) is 54.1 Å². The van der Waals surface area contributed by atoms with Crippen molar-refractivity contribution in [2.75, 3.05) is 11.9 Å². The van der Waals surface area contributed by atoms with Crippen LogP contribution in [0.4, 0.5) is 10.1 Å². The molecule has 1 aliphatic rings. The van der Waals surface area contributed by atoms with Gasteiger partial charge in [-0.25, -0.2) is 9.18 Å². The molecule has 4 rings (SSSR count). The Labute approximate surface area is 199 Å². The maximum Gasteiger partial charge on any atom is 0.330 e. The highest BCUT2D eigenvalue weighted by Crippen LogP contribution is 2.26. The van der Waals surface area contributed by atoms with Crippen molar-refractivity contribution in [2.45, 2.75) is 12.5 Å². The molecule has 7 nitrogen and oxygen atoms in total. The van der Waals surface area contributed by atoms with Gasteiger partial charge in [0.2, 0.25) is 0 Å². The molecule has 0 bridgehead atoms. The van der Waals surface area contributed by atoms with E-state index in [9.17, 15) is 23.6 Å². The minimum Gasteiger partial charge on any atom is -0.454 e. The van der Waals surface area contributed by atoms with E-state index in [1.54, 1.807) is 42.5 Å². The number of imide groups is 1. The monoisotopic (exact) mass is 480 g/mol. The fourth-order valence-electron chi connectivity index (χ4n) is 3.61. The highest BCUT2D eigenvalue weighted by Gasteiger charge is 2.43. The molecule has 1 atom stereocenters. The number of hydrogen-bond acceptors (Lipinski definition) is 5. The summed E-state index contributed by atoms with van der Waals surface area (Å²) >= 11 is 5.70. The summed E-state index contributed by atoms with van der Waals surface area (Å²) in [5.41, 5.74) is 1.31. The number of carbonyl (C=O) groups is 4. The molecule has 0 fully saturated rings. The second-order valence-corrected chi connectivity index (χ2v) is 7.92. The number of esters is 1. The van der Waals surface area contributed by atoms with Crippen molar-refractivity contribution in [2.24, 2.45) is 0 Å². The van der Waals surface area contributed by atoms with Gasteiger partial charge in [0.15, 0.2) is 6.61 Å². The molecule has 1 N–H and O–H groups in total. The number of anilines is 1. The highest BCUT2D eigenvalue weighted by atomic mass is 35.5. The number of nitrogens with zero attached hydrogens (tertiary/aromatic N) is 1. The van der Waals surface area contributed by atoms with Crippen molar-refractivity contribution in [1.82, 2.24) is 4.90 Å². The Hall–Kier alpha value is -4.04. The summed E-state index contributed by atoms with van der Waals surface area (Å²) < 4.78 is 18.5. The van der Waals surface area contributed by atoms with Crippen LogP contribution >= 0.6 is 11.6 Å². The van der Waals surface area contributed by atoms with Crippen molar-refractivity contribution in [3.63, 3.8) is 0 Å². The normalized spacial score (nSPS) is 13.4. The zero-order chi connectivity index (χ0) is 24.2. The summed E-state index contributed by atoms with van der Waals surface area (Å²) in [4.78, 5) is 52.0. The van der Waals surface area contributed by atoms with Gasteiger partial charge in [-0.3, -0.25) is 19.3 Å². The van der Waals surface area contributed by atoms with Gasteiger partial charge in [0.25, 0.3) is 17.7 Å². The summed E-state index contributed by atoms with van der Waals surface area (Å²) in [5.74, 6) is -3.47. The standard InChI is InChI=1S/C25H18ClFN2O5/c26-19-13-16(10-11-20(19)27)28-22(30)14-34-25(33)21(12-15-6-2-1-3-7-15)29-23(31)17-8-4-5-9-18(17)24(29)32/h1-11,13,21H,12,14H2,(H,28,30). The van der Waals surface area contributed by atoms with Crippen molar-refractivity contribution >= 4 is 41.0 Å². The number of hydrogen-bond donors (Lipinski definition) is 1. The third kappa shape index (κ3) is 4.82. The van der Waals surface area contributed by atoms with Gasteiger partial charge in [0.05, 0.1) is 16.1 Å². The molecule has 0 spiro atoms. The zero-order valence-electron chi connectivity index (χ0n) is 17.7. The largest absolute Gasteiger partial charge is 0.454 e. The molecule has 34 heavy (non-hydrogen) atoms. The van der Waals surface area contributed by atoms with Crippen LogP contribution in [-0.4, -0.2) is 41.2 Å². The van der Waals surface area contributed by atoms with E-state index in [0.29, 0.717) is 5.56 Å². The van der Waals surface area contributed by atoms with Crippen LogP contribution in [0.15, 0.2) is 72.8 Å². The van der Waals surface area contributed by atoms with Gasteiger partial charge in [0.1, 0.15) is 11.9 Å². The SMILES string of the molecule is O=C(COC(=O)C(Cc1ccccc1)N1C(=O)c2ccccc2C1=O)Nc1ccc(F)c(Cl)c1. The van der Waals surface area contributed by atoms with Crippen LogP contribution in [0, 0.1) is 5.82 Å². The summed E-state index contributed by atoms with van der Waals surface area (Å²) in [6, 6.07) is 17.5. The second-order valence-electron chi connectivity index (χ2n) is 7.52. The molecule has 172 valence electrons. The fraction of sp³-hybridized carbons (Fsp3) is 0.120. The first-order valence-electron chi connectivity index (χ1n) is 10.3. The number of fused-ring (bicyclic) bond motifs is 1. The van der Waals surface area contributed by atoms with Gasteiger partial charge in [-0.15, -0.1) is 0 Å². The van der Waals surface area contributed by atoms with Gasteiger partial charge in [-0.05, 0) is 35.9 Å². The second kappa shape index (κ2) is 9.84. The Morgan fingerprint density at radius 2 is 1.56 bits per heavy atom. The average molecular weight is 481 g/mol. The number of ether oxygens (including phenoxy) is 1. The smallest absolute Gasteiger partial charge is 0.330 e. The molecule has 1 unspecified atom stereocenters. The van der Waals surface area contributed by atoms with Crippen LogP contribution in [0.2, 0.25) is 5.02 Å². The first kappa shape index (κ1) is 23.1. The van der Waals surface area contributed by atoms with Gasteiger partial charge >= 0.3 is 5.97 Å². The maximum atomic E-state index is 13.3. The number of carbonyl (C=O) groups excluding carboxylic acids is 4. The van der Waals surface area contributed by atoms with E-state index >= 15 is 0 Å². The summed E-state index contributed by atoms with van der Waals surface area (Å²) in [7, 11) is 0. The molecule has 0 aliphatic carbocycles. The molecule has 0 radical (unpaired) electrons. The van der Waals surface area contributed by atoms with Crippen LogP contribution in [0.5, 0.6) is 0 Å². The van der Waals surface area contributed by atoms with E-state index in [-0.39, 0.29) is 28.3 Å². The highest BCUT2D eigenvalue weighted by molar-refractivity contribution is 6.31. The van der Waals surface area contributed by atoms with Crippen LogP contribution in [0.1, 0.15) is 26.3 Å². The molecular weight excluding hydrogens is 463 g/mol. The van der Waals surface area contributed by atoms with Crippen LogP contribution in [-0.2, 0) is 20.7 Å². The Kier molecular flexibility index (Phi) is 6.70. The van der Waals surface area contributed by atoms with E-state index in [2.05, 4.69) is 5.32 Å². The lowest BCUT2D eigenvalue weighted by molar-refractivity contribution is -0.151. The molecule has 0 aromatic heterocycles. The number of halogens is 2. The van der Waals surface area contributed by atoms with Crippen LogP contribution in [0.25, 0.3) is 0 Å². The van der Waals surface area contributed by atoms with Gasteiger partial charge in [0, 0.05) is 12.1 Å². The van der Waals surface area contributed by atoms with Crippen molar-refractivity contribution in [3.8, 4) is 0 Å². The summed E-state index contributed by atoms with van der Waals surface area (Å²) in [5, 5.41) is 2.26. The summed E-state index contributed by atoms with van der Waals surface area (Å²) in [6.07, 6.45) is 0.0142. The first-order valence-corrected chi connectivity index (χ1v) is 10.7. The predicted molar refractivity (Wildman–Crippen MR) is 122 cm³/mol. The fourth-order valence-corrected chi connectivity index (χ4v) is 3.79. The lowest BCUT2D eigenvalue weighted by Crippen LogP contribution is -2.47. The number of rotatable bonds is 7. The lowest BCUT2D eigenvalue weighted by Gasteiger charge is -2.24. The van der Waals surface area contributed by atoms with E-state index in [1.807, 2.05) is 0 Å². The van der Waals surface area contributed by atoms with Crippen LogP contribution in [0.3, 0.4) is 0 Å². The predicted octanol–water partition coefficient (Wildman–Crippen LogP) is 3.87. The molecular formula is C25H18ClFN2O5. The first-order chi connectivity index (χ1) is 16.3. The molecule has 0 saturated carbocycles. The van der Waals surface area contributed by atoms with E-state index < -0.39 is 42.2 Å². The van der Waals surface area contributed by atoms with Gasteiger partial charge in [-0.2, -0.15) is 0 Å². The van der Waals surface area contributed by atoms with Gasteiger partial charge < -0.3 is 10.1 Å². The maximum absolute atomic E-state index is 13.3.